The molecule has 0 bridgehead atoms. The van der Waals surface area contributed by atoms with Gasteiger partial charge in [-0.15, -0.1) is 0 Å². The summed E-state index contributed by atoms with van der Waals surface area (Å²) in [5.41, 5.74) is 0. The van der Waals surface area contributed by atoms with Crippen LogP contribution in [0.2, 0.25) is 0 Å². The van der Waals surface area contributed by atoms with E-state index in [1.165, 1.54) is 25.7 Å². The summed E-state index contributed by atoms with van der Waals surface area (Å²) in [5.74, 6) is 1.05. The number of piperidine rings is 1. The predicted molar refractivity (Wildman–Crippen MR) is 103 cm³/mol. The zero-order valence-corrected chi connectivity index (χ0v) is 16.4. The summed E-state index contributed by atoms with van der Waals surface area (Å²) in [6.45, 7) is 8.66. The molecule has 1 N–H and O–H groups in total. The van der Waals surface area contributed by atoms with Crippen molar-refractivity contribution in [2.24, 2.45) is 5.92 Å². The Balaban J connectivity index is 1.34. The van der Waals surface area contributed by atoms with Crippen LogP contribution in [0.4, 0.5) is 0 Å². The van der Waals surface area contributed by atoms with Crippen LogP contribution in [0.25, 0.3) is 0 Å². The first-order valence-electron chi connectivity index (χ1n) is 10.6. The lowest BCUT2D eigenvalue weighted by atomic mass is 9.86. The van der Waals surface area contributed by atoms with E-state index in [-0.39, 0.29) is 11.8 Å². The average Bonchev–Trinajstić information content (AvgIpc) is 2.66. The molecule has 0 radical (unpaired) electrons. The minimum Gasteiger partial charge on any atom is -0.352 e. The molecule has 3 fully saturated rings. The molecule has 6 nitrogen and oxygen atoms in total. The molecule has 2 unspecified atom stereocenters. The van der Waals surface area contributed by atoms with E-state index in [2.05, 4.69) is 22.0 Å². The zero-order valence-electron chi connectivity index (χ0n) is 16.4. The molecule has 0 aromatic carbocycles. The monoisotopic (exact) mass is 364 g/mol. The number of likely N-dealkylation sites (tertiary alicyclic amines) is 1. The van der Waals surface area contributed by atoms with Crippen molar-refractivity contribution in [3.05, 3.63) is 0 Å². The third-order valence-corrected chi connectivity index (χ3v) is 6.36. The molecule has 1 aliphatic carbocycles. The van der Waals surface area contributed by atoms with Gasteiger partial charge in [-0.05, 0) is 38.0 Å². The summed E-state index contributed by atoms with van der Waals surface area (Å²) < 4.78 is 0. The smallest absolute Gasteiger partial charge is 0.236 e. The van der Waals surface area contributed by atoms with Gasteiger partial charge in [0.1, 0.15) is 0 Å². The Hall–Kier alpha value is -1.14. The second-order valence-corrected chi connectivity index (χ2v) is 8.43. The van der Waals surface area contributed by atoms with Crippen LogP contribution in [-0.4, -0.2) is 84.9 Å². The Morgan fingerprint density at radius 2 is 1.42 bits per heavy atom. The van der Waals surface area contributed by atoms with Gasteiger partial charge in [-0.25, -0.2) is 0 Å². The number of amides is 2. The SMILES string of the molecule is CC1CCCCC1NC(=O)CN1CCN(CC(=O)N2CCCCC2)CC1. The number of piperazine rings is 1. The lowest BCUT2D eigenvalue weighted by Crippen LogP contribution is -2.53. The molecule has 6 heteroatoms. The summed E-state index contributed by atoms with van der Waals surface area (Å²) in [6.07, 6.45) is 8.44. The summed E-state index contributed by atoms with van der Waals surface area (Å²) >= 11 is 0. The van der Waals surface area contributed by atoms with Crippen LogP contribution >= 0.6 is 0 Å². The van der Waals surface area contributed by atoms with Crippen molar-refractivity contribution in [2.45, 2.75) is 57.9 Å². The molecule has 3 rings (SSSR count). The molecular formula is C20H36N4O2. The second-order valence-electron chi connectivity index (χ2n) is 8.43. The molecule has 0 aromatic rings. The maximum atomic E-state index is 12.4. The normalized spacial score (nSPS) is 28.7. The van der Waals surface area contributed by atoms with Gasteiger partial charge in [0.15, 0.2) is 0 Å². The Labute approximate surface area is 158 Å². The zero-order chi connectivity index (χ0) is 18.4. The Bertz CT molecular complexity index is 470. The van der Waals surface area contributed by atoms with Gasteiger partial charge in [-0.3, -0.25) is 19.4 Å². The number of hydrogen-bond donors (Lipinski definition) is 1. The van der Waals surface area contributed by atoms with Gasteiger partial charge in [0.25, 0.3) is 0 Å². The average molecular weight is 365 g/mol. The lowest BCUT2D eigenvalue weighted by molar-refractivity contribution is -0.134. The fraction of sp³-hybridized carbons (Fsp3) is 0.900. The minimum atomic E-state index is 0.168. The van der Waals surface area contributed by atoms with E-state index in [9.17, 15) is 9.59 Å². The standard InChI is InChI=1S/C20H36N4O2/c1-17-7-3-4-8-18(17)21-19(25)15-22-11-13-23(14-12-22)16-20(26)24-9-5-2-6-10-24/h17-18H,2-16H2,1H3,(H,21,25). The Morgan fingerprint density at radius 3 is 2.08 bits per heavy atom. The highest BCUT2D eigenvalue weighted by atomic mass is 16.2. The van der Waals surface area contributed by atoms with E-state index in [1.54, 1.807) is 0 Å². The van der Waals surface area contributed by atoms with Gasteiger partial charge in [-0.1, -0.05) is 19.8 Å². The van der Waals surface area contributed by atoms with Crippen LogP contribution < -0.4 is 5.32 Å². The first-order valence-corrected chi connectivity index (χ1v) is 10.6. The topological polar surface area (TPSA) is 55.9 Å². The van der Waals surface area contributed by atoms with Gasteiger partial charge < -0.3 is 10.2 Å². The largest absolute Gasteiger partial charge is 0.352 e. The van der Waals surface area contributed by atoms with Crippen LogP contribution in [0.3, 0.4) is 0 Å². The van der Waals surface area contributed by atoms with E-state index in [0.717, 1.165) is 58.5 Å². The lowest BCUT2D eigenvalue weighted by Gasteiger charge is -2.36. The van der Waals surface area contributed by atoms with E-state index in [0.29, 0.717) is 25.0 Å². The van der Waals surface area contributed by atoms with Crippen LogP contribution in [-0.2, 0) is 9.59 Å². The Kier molecular flexibility index (Phi) is 7.32. The van der Waals surface area contributed by atoms with E-state index in [1.807, 2.05) is 4.90 Å². The van der Waals surface area contributed by atoms with Crippen LogP contribution in [0.5, 0.6) is 0 Å². The molecular weight excluding hydrogens is 328 g/mol. The van der Waals surface area contributed by atoms with Crippen LogP contribution in [0, 0.1) is 5.92 Å². The predicted octanol–water partition coefficient (Wildman–Crippen LogP) is 1.31. The van der Waals surface area contributed by atoms with Crippen molar-refractivity contribution in [3.8, 4) is 0 Å². The molecule has 1 saturated carbocycles. The van der Waals surface area contributed by atoms with E-state index >= 15 is 0 Å². The molecule has 3 aliphatic rings. The van der Waals surface area contributed by atoms with Crippen molar-refractivity contribution < 1.29 is 9.59 Å². The van der Waals surface area contributed by atoms with Gasteiger partial charge in [0.05, 0.1) is 13.1 Å². The maximum Gasteiger partial charge on any atom is 0.236 e. The maximum absolute atomic E-state index is 12.4. The van der Waals surface area contributed by atoms with E-state index < -0.39 is 0 Å². The van der Waals surface area contributed by atoms with Crippen LogP contribution in [0.1, 0.15) is 51.9 Å². The third-order valence-electron chi connectivity index (χ3n) is 6.36. The molecule has 0 aromatic heterocycles. The van der Waals surface area contributed by atoms with Crippen molar-refractivity contribution in [3.63, 3.8) is 0 Å². The first-order chi connectivity index (χ1) is 12.6. The van der Waals surface area contributed by atoms with Crippen LogP contribution in [0.15, 0.2) is 0 Å². The quantitative estimate of drug-likeness (QED) is 0.799. The summed E-state index contributed by atoms with van der Waals surface area (Å²) in [7, 11) is 0. The molecule has 2 heterocycles. The number of nitrogens with one attached hydrogen (secondary N) is 1. The second kappa shape index (κ2) is 9.70. The molecule has 2 aliphatic heterocycles. The van der Waals surface area contributed by atoms with E-state index in [4.69, 9.17) is 0 Å². The first kappa shape index (κ1) is 19.6. The van der Waals surface area contributed by atoms with Crippen molar-refractivity contribution in [1.29, 1.82) is 0 Å². The summed E-state index contributed by atoms with van der Waals surface area (Å²) in [6, 6.07) is 0.361. The number of carbonyl (C=O) groups excluding carboxylic acids is 2. The molecule has 2 atom stereocenters. The number of hydrogen-bond acceptors (Lipinski definition) is 4. The number of carbonyl (C=O) groups is 2. The van der Waals surface area contributed by atoms with Crippen molar-refractivity contribution in [1.82, 2.24) is 20.0 Å². The fourth-order valence-corrected chi connectivity index (χ4v) is 4.53. The highest BCUT2D eigenvalue weighted by molar-refractivity contribution is 5.79. The number of rotatable bonds is 5. The van der Waals surface area contributed by atoms with Gasteiger partial charge in [0, 0.05) is 45.3 Å². The van der Waals surface area contributed by atoms with Gasteiger partial charge in [0.2, 0.25) is 11.8 Å². The van der Waals surface area contributed by atoms with Gasteiger partial charge >= 0.3 is 0 Å². The minimum absolute atomic E-state index is 0.168. The molecule has 148 valence electrons. The third kappa shape index (κ3) is 5.68. The van der Waals surface area contributed by atoms with Crippen molar-refractivity contribution in [2.75, 3.05) is 52.4 Å². The summed E-state index contributed by atoms with van der Waals surface area (Å²) in [5, 5.41) is 3.25. The molecule has 2 saturated heterocycles. The molecule has 0 spiro atoms. The van der Waals surface area contributed by atoms with Crippen molar-refractivity contribution >= 4 is 11.8 Å². The highest BCUT2D eigenvalue weighted by Gasteiger charge is 2.26. The van der Waals surface area contributed by atoms with Gasteiger partial charge in [-0.2, -0.15) is 0 Å². The molecule has 2 amide bonds. The fourth-order valence-electron chi connectivity index (χ4n) is 4.53. The Morgan fingerprint density at radius 1 is 0.808 bits per heavy atom. The molecule has 26 heavy (non-hydrogen) atoms. The number of nitrogens with zero attached hydrogens (tertiary/aromatic N) is 3. The highest BCUT2D eigenvalue weighted by Crippen LogP contribution is 2.23. The summed E-state index contributed by atoms with van der Waals surface area (Å²) in [4.78, 5) is 31.2.